The largest absolute Gasteiger partial charge is 0.320 e. The summed E-state index contributed by atoms with van der Waals surface area (Å²) in [5.74, 6) is -1.37. The lowest BCUT2D eigenvalue weighted by Gasteiger charge is -2.17. The third-order valence-corrected chi connectivity index (χ3v) is 3.50. The highest BCUT2D eigenvalue weighted by molar-refractivity contribution is 6.33. The molecule has 2 N–H and O–H groups in total. The van der Waals surface area contributed by atoms with Gasteiger partial charge in [0, 0.05) is 15.6 Å². The van der Waals surface area contributed by atoms with Gasteiger partial charge in [-0.05, 0) is 42.3 Å². The van der Waals surface area contributed by atoms with Gasteiger partial charge in [0.05, 0.1) is 6.04 Å². The van der Waals surface area contributed by atoms with Crippen LogP contribution in [0, 0.1) is 18.6 Å². The first-order chi connectivity index (χ1) is 8.91. The fourth-order valence-corrected chi connectivity index (χ4v) is 2.29. The second-order valence-corrected chi connectivity index (χ2v) is 5.08. The van der Waals surface area contributed by atoms with Gasteiger partial charge in [0.25, 0.3) is 0 Å². The minimum Gasteiger partial charge on any atom is -0.320 e. The summed E-state index contributed by atoms with van der Waals surface area (Å²) < 4.78 is 27.8. The van der Waals surface area contributed by atoms with E-state index < -0.39 is 17.7 Å². The normalized spacial score (nSPS) is 12.5. The van der Waals surface area contributed by atoms with Crippen molar-refractivity contribution in [3.8, 4) is 0 Å². The van der Waals surface area contributed by atoms with Crippen LogP contribution >= 0.6 is 23.2 Å². The van der Waals surface area contributed by atoms with Crippen LogP contribution in [-0.4, -0.2) is 0 Å². The molecule has 2 aromatic carbocycles. The van der Waals surface area contributed by atoms with Crippen LogP contribution in [0.3, 0.4) is 0 Å². The van der Waals surface area contributed by atoms with Crippen LogP contribution < -0.4 is 5.73 Å². The van der Waals surface area contributed by atoms with Gasteiger partial charge in [0.1, 0.15) is 11.6 Å². The van der Waals surface area contributed by atoms with Gasteiger partial charge in [0.2, 0.25) is 0 Å². The summed E-state index contributed by atoms with van der Waals surface area (Å²) in [6, 6.07) is 6.18. The molecule has 100 valence electrons. The predicted octanol–water partition coefficient (Wildman–Crippen LogP) is 4.63. The van der Waals surface area contributed by atoms with E-state index in [1.54, 1.807) is 19.1 Å². The molecule has 0 aliphatic carbocycles. The van der Waals surface area contributed by atoms with Crippen molar-refractivity contribution in [3.63, 3.8) is 0 Å². The molecule has 2 rings (SSSR count). The molecular formula is C14H11Cl2F2N. The summed E-state index contributed by atoms with van der Waals surface area (Å²) in [5.41, 5.74) is 6.44. The minimum absolute atomic E-state index is 0.204. The molecule has 0 spiro atoms. The fourth-order valence-electron chi connectivity index (χ4n) is 1.87. The molecule has 0 saturated carbocycles. The molecule has 1 unspecified atom stereocenters. The molecule has 0 aliphatic rings. The standard InChI is InChI=1S/C14H11Cl2F2N/c1-7-2-5-11(17)12(13(7)18)14(19)9-6-8(15)3-4-10(9)16/h2-6,14H,19H2,1H3. The zero-order valence-electron chi connectivity index (χ0n) is 10.1. The fraction of sp³-hybridized carbons (Fsp3) is 0.143. The van der Waals surface area contributed by atoms with Crippen LogP contribution in [0.4, 0.5) is 8.78 Å². The molecule has 1 nitrogen and oxygen atoms in total. The number of hydrogen-bond acceptors (Lipinski definition) is 1. The van der Waals surface area contributed by atoms with Crippen LogP contribution in [0.15, 0.2) is 30.3 Å². The Morgan fingerprint density at radius 3 is 2.47 bits per heavy atom. The van der Waals surface area contributed by atoms with E-state index in [2.05, 4.69) is 0 Å². The zero-order valence-corrected chi connectivity index (χ0v) is 11.6. The molecule has 0 aliphatic heterocycles. The Morgan fingerprint density at radius 2 is 1.79 bits per heavy atom. The summed E-state index contributed by atoms with van der Waals surface area (Å²) in [4.78, 5) is 0. The van der Waals surface area contributed by atoms with E-state index in [-0.39, 0.29) is 5.56 Å². The van der Waals surface area contributed by atoms with Crippen molar-refractivity contribution in [2.75, 3.05) is 0 Å². The van der Waals surface area contributed by atoms with Crippen LogP contribution in [0.1, 0.15) is 22.7 Å². The summed E-state index contributed by atoms with van der Waals surface area (Å²) in [6.07, 6.45) is 0. The van der Waals surface area contributed by atoms with Gasteiger partial charge in [-0.15, -0.1) is 0 Å². The number of aryl methyl sites for hydroxylation is 1. The Balaban J connectivity index is 2.59. The quantitative estimate of drug-likeness (QED) is 0.860. The summed E-state index contributed by atoms with van der Waals surface area (Å²) >= 11 is 11.9. The van der Waals surface area contributed by atoms with Crippen molar-refractivity contribution >= 4 is 23.2 Å². The molecular weight excluding hydrogens is 291 g/mol. The lowest BCUT2D eigenvalue weighted by atomic mass is 9.97. The van der Waals surface area contributed by atoms with Gasteiger partial charge >= 0.3 is 0 Å². The average Bonchev–Trinajstić information content (AvgIpc) is 2.37. The maximum absolute atomic E-state index is 14.0. The number of nitrogens with two attached hydrogens (primary N) is 1. The molecule has 1 atom stereocenters. The third kappa shape index (κ3) is 2.73. The molecule has 2 aromatic rings. The van der Waals surface area contributed by atoms with E-state index in [0.717, 1.165) is 0 Å². The van der Waals surface area contributed by atoms with Gasteiger partial charge in [-0.25, -0.2) is 8.78 Å². The molecule has 0 amide bonds. The van der Waals surface area contributed by atoms with E-state index in [1.807, 2.05) is 0 Å². The van der Waals surface area contributed by atoms with Crippen molar-refractivity contribution in [2.24, 2.45) is 5.73 Å². The van der Waals surface area contributed by atoms with E-state index in [9.17, 15) is 8.78 Å². The smallest absolute Gasteiger partial charge is 0.134 e. The van der Waals surface area contributed by atoms with Crippen molar-refractivity contribution < 1.29 is 8.78 Å². The summed E-state index contributed by atoms with van der Waals surface area (Å²) in [7, 11) is 0. The minimum atomic E-state index is -1.01. The highest BCUT2D eigenvalue weighted by Crippen LogP contribution is 2.32. The zero-order chi connectivity index (χ0) is 14.2. The Labute approximate surface area is 119 Å². The SMILES string of the molecule is Cc1ccc(F)c(C(N)c2cc(Cl)ccc2Cl)c1F. The molecule has 0 saturated heterocycles. The topological polar surface area (TPSA) is 26.0 Å². The van der Waals surface area contributed by atoms with Crippen molar-refractivity contribution in [3.05, 3.63) is 68.7 Å². The molecule has 0 radical (unpaired) electrons. The van der Waals surface area contributed by atoms with E-state index >= 15 is 0 Å². The Morgan fingerprint density at radius 1 is 1.11 bits per heavy atom. The molecule has 0 aromatic heterocycles. The van der Waals surface area contributed by atoms with Crippen molar-refractivity contribution in [1.29, 1.82) is 0 Å². The Kier molecular flexibility index (Phi) is 4.09. The first-order valence-electron chi connectivity index (χ1n) is 5.57. The first-order valence-corrected chi connectivity index (χ1v) is 6.32. The predicted molar refractivity (Wildman–Crippen MR) is 73.6 cm³/mol. The maximum atomic E-state index is 14.0. The number of hydrogen-bond donors (Lipinski definition) is 1. The van der Waals surface area contributed by atoms with Gasteiger partial charge < -0.3 is 5.73 Å². The maximum Gasteiger partial charge on any atom is 0.134 e. The molecule has 0 heterocycles. The highest BCUT2D eigenvalue weighted by atomic mass is 35.5. The molecule has 0 fully saturated rings. The average molecular weight is 302 g/mol. The van der Waals surface area contributed by atoms with Crippen molar-refractivity contribution in [2.45, 2.75) is 13.0 Å². The molecule has 5 heteroatoms. The van der Waals surface area contributed by atoms with Gasteiger partial charge in [0.15, 0.2) is 0 Å². The lowest BCUT2D eigenvalue weighted by molar-refractivity contribution is 0.538. The second-order valence-electron chi connectivity index (χ2n) is 4.24. The van der Waals surface area contributed by atoms with E-state index in [1.165, 1.54) is 18.2 Å². The molecule has 19 heavy (non-hydrogen) atoms. The first kappa shape index (κ1) is 14.3. The van der Waals surface area contributed by atoms with Gasteiger partial charge in [-0.2, -0.15) is 0 Å². The monoisotopic (exact) mass is 301 g/mol. The van der Waals surface area contributed by atoms with E-state index in [4.69, 9.17) is 28.9 Å². The third-order valence-electron chi connectivity index (χ3n) is 2.92. The summed E-state index contributed by atoms with van der Waals surface area (Å²) in [6.45, 7) is 1.55. The van der Waals surface area contributed by atoms with Crippen LogP contribution in [0.25, 0.3) is 0 Å². The Hall–Kier alpha value is -1.16. The van der Waals surface area contributed by atoms with Crippen LogP contribution in [0.5, 0.6) is 0 Å². The Bertz CT molecular complexity index is 629. The van der Waals surface area contributed by atoms with E-state index in [0.29, 0.717) is 21.2 Å². The summed E-state index contributed by atoms with van der Waals surface area (Å²) in [5, 5.41) is 0.723. The number of benzene rings is 2. The van der Waals surface area contributed by atoms with Gasteiger partial charge in [-0.1, -0.05) is 29.3 Å². The molecule has 0 bridgehead atoms. The lowest BCUT2D eigenvalue weighted by Crippen LogP contribution is -2.16. The van der Waals surface area contributed by atoms with Crippen molar-refractivity contribution in [1.82, 2.24) is 0 Å². The number of halogens is 4. The second kappa shape index (κ2) is 5.45. The van der Waals surface area contributed by atoms with Gasteiger partial charge in [-0.3, -0.25) is 0 Å². The highest BCUT2D eigenvalue weighted by Gasteiger charge is 2.21. The number of rotatable bonds is 2. The van der Waals surface area contributed by atoms with Crippen LogP contribution in [-0.2, 0) is 0 Å². The van der Waals surface area contributed by atoms with Crippen LogP contribution in [0.2, 0.25) is 10.0 Å².